The summed E-state index contributed by atoms with van der Waals surface area (Å²) in [5, 5.41) is 8.87. The molecule has 4 unspecified atom stereocenters. The lowest BCUT2D eigenvalue weighted by atomic mass is 9.76. The molecule has 1 aromatic carbocycles. The highest BCUT2D eigenvalue weighted by molar-refractivity contribution is 5.66. The SMILES string of the molecule is O=C(O)CCC1C2C=CC(C2)C1c1ccc(F)cc1. The topological polar surface area (TPSA) is 37.3 Å². The van der Waals surface area contributed by atoms with Crippen LogP contribution in [0.25, 0.3) is 0 Å². The molecule has 19 heavy (non-hydrogen) atoms. The summed E-state index contributed by atoms with van der Waals surface area (Å²) in [5.41, 5.74) is 1.15. The van der Waals surface area contributed by atoms with Crippen LogP contribution in [0.5, 0.6) is 0 Å². The van der Waals surface area contributed by atoms with E-state index < -0.39 is 5.97 Å². The Bertz CT molecular complexity index is 506. The molecule has 0 saturated heterocycles. The average molecular weight is 260 g/mol. The van der Waals surface area contributed by atoms with Gasteiger partial charge in [0.25, 0.3) is 0 Å². The monoisotopic (exact) mass is 260 g/mol. The van der Waals surface area contributed by atoms with Gasteiger partial charge in [-0.25, -0.2) is 4.39 Å². The molecule has 100 valence electrons. The lowest BCUT2D eigenvalue weighted by Crippen LogP contribution is -2.19. The summed E-state index contributed by atoms with van der Waals surface area (Å²) in [6.07, 6.45) is 6.53. The number of aliphatic carboxylic acids is 1. The highest BCUT2D eigenvalue weighted by Gasteiger charge is 2.44. The lowest BCUT2D eigenvalue weighted by molar-refractivity contribution is -0.137. The maximum Gasteiger partial charge on any atom is 0.303 e. The molecule has 4 atom stereocenters. The Morgan fingerprint density at radius 2 is 1.89 bits per heavy atom. The van der Waals surface area contributed by atoms with Crippen LogP contribution < -0.4 is 0 Å². The van der Waals surface area contributed by atoms with Gasteiger partial charge in [0.2, 0.25) is 0 Å². The van der Waals surface area contributed by atoms with Gasteiger partial charge in [0, 0.05) is 6.42 Å². The van der Waals surface area contributed by atoms with Crippen molar-refractivity contribution in [3.8, 4) is 0 Å². The van der Waals surface area contributed by atoms with E-state index in [1.165, 1.54) is 12.1 Å². The molecule has 2 nitrogen and oxygen atoms in total. The van der Waals surface area contributed by atoms with Crippen molar-refractivity contribution in [3.05, 3.63) is 47.8 Å². The number of carboxylic acids is 1. The molecule has 2 aliphatic rings. The van der Waals surface area contributed by atoms with Crippen molar-refractivity contribution in [2.75, 3.05) is 0 Å². The van der Waals surface area contributed by atoms with E-state index in [0.29, 0.717) is 30.1 Å². The van der Waals surface area contributed by atoms with E-state index in [0.717, 1.165) is 12.0 Å². The first-order chi connectivity index (χ1) is 9.15. The number of hydrogen-bond donors (Lipinski definition) is 1. The van der Waals surface area contributed by atoms with Crippen LogP contribution in [0.1, 0.15) is 30.7 Å². The summed E-state index contributed by atoms with van der Waals surface area (Å²) >= 11 is 0. The second kappa shape index (κ2) is 4.80. The number of benzene rings is 1. The first-order valence-corrected chi connectivity index (χ1v) is 6.81. The van der Waals surface area contributed by atoms with Gasteiger partial charge in [0.1, 0.15) is 5.82 Å². The lowest BCUT2D eigenvalue weighted by Gasteiger charge is -2.28. The minimum Gasteiger partial charge on any atom is -0.481 e. The smallest absolute Gasteiger partial charge is 0.303 e. The second-order valence-corrected chi connectivity index (χ2v) is 5.62. The number of carboxylic acid groups (broad SMARTS) is 1. The van der Waals surface area contributed by atoms with E-state index in [4.69, 9.17) is 5.11 Å². The molecule has 3 heteroatoms. The van der Waals surface area contributed by atoms with Crippen LogP contribution in [-0.4, -0.2) is 11.1 Å². The third-order valence-electron chi connectivity index (χ3n) is 4.57. The Labute approximate surface area is 112 Å². The molecule has 3 rings (SSSR count). The van der Waals surface area contributed by atoms with Gasteiger partial charge in [-0.3, -0.25) is 4.79 Å². The van der Waals surface area contributed by atoms with Crippen molar-refractivity contribution in [2.24, 2.45) is 17.8 Å². The molecule has 0 spiro atoms. The largest absolute Gasteiger partial charge is 0.481 e. The number of halogens is 1. The number of allylic oxidation sites excluding steroid dienone is 2. The van der Waals surface area contributed by atoms with Crippen LogP contribution >= 0.6 is 0 Å². The van der Waals surface area contributed by atoms with Crippen LogP contribution in [0.4, 0.5) is 4.39 Å². The van der Waals surface area contributed by atoms with Crippen molar-refractivity contribution in [1.82, 2.24) is 0 Å². The molecule has 1 N–H and O–H groups in total. The molecule has 1 aromatic rings. The second-order valence-electron chi connectivity index (χ2n) is 5.62. The fraction of sp³-hybridized carbons (Fsp3) is 0.438. The van der Waals surface area contributed by atoms with Gasteiger partial charge in [0.05, 0.1) is 0 Å². The Kier molecular flexibility index (Phi) is 3.13. The summed E-state index contributed by atoms with van der Waals surface area (Å²) < 4.78 is 13.0. The van der Waals surface area contributed by atoms with Crippen LogP contribution in [0.3, 0.4) is 0 Å². The summed E-state index contributed by atoms with van der Waals surface area (Å²) in [5.74, 6) is 0.786. The summed E-state index contributed by atoms with van der Waals surface area (Å²) in [4.78, 5) is 10.8. The maximum atomic E-state index is 13.0. The molecule has 2 aliphatic carbocycles. The molecule has 0 amide bonds. The number of fused-ring (bicyclic) bond motifs is 2. The molecule has 0 radical (unpaired) electrons. The minimum atomic E-state index is -0.732. The van der Waals surface area contributed by atoms with Crippen LogP contribution in [0.15, 0.2) is 36.4 Å². The number of carbonyl (C=O) groups is 1. The highest BCUT2D eigenvalue weighted by atomic mass is 19.1. The predicted molar refractivity (Wildman–Crippen MR) is 70.2 cm³/mol. The van der Waals surface area contributed by atoms with E-state index in [1.54, 1.807) is 0 Å². The third-order valence-corrected chi connectivity index (χ3v) is 4.57. The molecule has 2 bridgehead atoms. The third kappa shape index (κ3) is 2.29. The Morgan fingerprint density at radius 1 is 1.21 bits per heavy atom. The van der Waals surface area contributed by atoms with E-state index >= 15 is 0 Å². The minimum absolute atomic E-state index is 0.218. The molecule has 0 heterocycles. The van der Waals surface area contributed by atoms with Gasteiger partial charge in [-0.05, 0) is 54.2 Å². The van der Waals surface area contributed by atoms with Gasteiger partial charge in [0.15, 0.2) is 0 Å². The number of hydrogen-bond acceptors (Lipinski definition) is 1. The fourth-order valence-corrected chi connectivity index (χ4v) is 3.79. The standard InChI is InChI=1S/C16H17FO2/c17-13-5-3-10(4-6-13)16-12-2-1-11(9-12)14(16)7-8-15(18)19/h1-6,11-12,14,16H,7-9H2,(H,18,19). The molecule has 0 aromatic heterocycles. The van der Waals surface area contributed by atoms with E-state index in [9.17, 15) is 9.18 Å². The van der Waals surface area contributed by atoms with E-state index in [2.05, 4.69) is 12.2 Å². The molecular formula is C16H17FO2. The van der Waals surface area contributed by atoms with Crippen LogP contribution in [-0.2, 0) is 4.79 Å². The highest BCUT2D eigenvalue weighted by Crippen LogP contribution is 2.54. The quantitative estimate of drug-likeness (QED) is 0.840. The average Bonchev–Trinajstić information content (AvgIpc) is 2.97. The summed E-state index contributed by atoms with van der Waals surface area (Å²) in [7, 11) is 0. The zero-order valence-electron chi connectivity index (χ0n) is 10.6. The molecule has 1 fully saturated rings. The van der Waals surface area contributed by atoms with Crippen molar-refractivity contribution < 1.29 is 14.3 Å². The molecular weight excluding hydrogens is 243 g/mol. The Hall–Kier alpha value is -1.64. The first kappa shape index (κ1) is 12.4. The van der Waals surface area contributed by atoms with Crippen molar-refractivity contribution in [2.45, 2.75) is 25.2 Å². The summed E-state index contributed by atoms with van der Waals surface area (Å²) in [6, 6.07) is 6.70. The molecule has 0 aliphatic heterocycles. The van der Waals surface area contributed by atoms with Gasteiger partial charge >= 0.3 is 5.97 Å². The van der Waals surface area contributed by atoms with Gasteiger partial charge in [-0.1, -0.05) is 24.3 Å². The van der Waals surface area contributed by atoms with Crippen LogP contribution in [0.2, 0.25) is 0 Å². The van der Waals surface area contributed by atoms with Crippen LogP contribution in [0, 0.1) is 23.6 Å². The van der Waals surface area contributed by atoms with E-state index in [-0.39, 0.29) is 12.2 Å². The normalized spacial score (nSPS) is 31.8. The van der Waals surface area contributed by atoms with Gasteiger partial charge in [-0.15, -0.1) is 0 Å². The van der Waals surface area contributed by atoms with Crippen molar-refractivity contribution in [3.63, 3.8) is 0 Å². The zero-order chi connectivity index (χ0) is 13.4. The van der Waals surface area contributed by atoms with Crippen molar-refractivity contribution in [1.29, 1.82) is 0 Å². The van der Waals surface area contributed by atoms with E-state index in [1.807, 2.05) is 12.1 Å². The van der Waals surface area contributed by atoms with Gasteiger partial charge < -0.3 is 5.11 Å². The fourth-order valence-electron chi connectivity index (χ4n) is 3.79. The Morgan fingerprint density at radius 3 is 2.58 bits per heavy atom. The molecule has 1 saturated carbocycles. The maximum absolute atomic E-state index is 13.0. The predicted octanol–water partition coefficient (Wildman–Crippen LogP) is 3.60. The zero-order valence-corrected chi connectivity index (χ0v) is 10.6. The summed E-state index contributed by atoms with van der Waals surface area (Å²) in [6.45, 7) is 0. The number of rotatable bonds is 4. The van der Waals surface area contributed by atoms with Gasteiger partial charge in [-0.2, -0.15) is 0 Å². The first-order valence-electron chi connectivity index (χ1n) is 6.81. The Balaban J connectivity index is 1.83. The van der Waals surface area contributed by atoms with Crippen molar-refractivity contribution >= 4 is 5.97 Å².